The largest absolute Gasteiger partial charge is 0.395 e. The van der Waals surface area contributed by atoms with Crippen molar-refractivity contribution < 1.29 is 15.0 Å². The van der Waals surface area contributed by atoms with Gasteiger partial charge in [0.05, 0.1) is 12.7 Å². The van der Waals surface area contributed by atoms with E-state index in [4.69, 9.17) is 5.73 Å². The zero-order chi connectivity index (χ0) is 18.1. The van der Waals surface area contributed by atoms with Crippen LogP contribution < -0.4 is 5.73 Å². The van der Waals surface area contributed by atoms with E-state index in [1.807, 2.05) is 42.5 Å². The molecule has 5 nitrogen and oxygen atoms in total. The molecule has 0 aliphatic carbocycles. The second-order valence-electron chi connectivity index (χ2n) is 6.12. The highest BCUT2D eigenvalue weighted by Crippen LogP contribution is 2.14. The summed E-state index contributed by atoms with van der Waals surface area (Å²) in [4.78, 5) is 13.1. The molecule has 0 aromatic heterocycles. The number of nitrogens with zero attached hydrogens (tertiary/aromatic N) is 1. The van der Waals surface area contributed by atoms with Crippen LogP contribution in [0.1, 0.15) is 34.0 Å². The van der Waals surface area contributed by atoms with Gasteiger partial charge in [0.2, 0.25) is 5.91 Å². The van der Waals surface area contributed by atoms with Gasteiger partial charge in [-0.25, -0.2) is 0 Å². The third-order valence-corrected chi connectivity index (χ3v) is 4.21. The first-order chi connectivity index (χ1) is 12.1. The Labute approximate surface area is 148 Å². The van der Waals surface area contributed by atoms with Crippen molar-refractivity contribution in [3.63, 3.8) is 0 Å². The van der Waals surface area contributed by atoms with Gasteiger partial charge in [0.25, 0.3) is 0 Å². The number of benzene rings is 2. The number of nitrogens with two attached hydrogens (primary N) is 1. The smallest absolute Gasteiger partial charge is 0.248 e. The molecule has 1 atom stereocenters. The van der Waals surface area contributed by atoms with E-state index in [9.17, 15) is 15.0 Å². The van der Waals surface area contributed by atoms with Gasteiger partial charge in [0.15, 0.2) is 0 Å². The van der Waals surface area contributed by atoms with E-state index in [-0.39, 0.29) is 6.61 Å². The van der Waals surface area contributed by atoms with Crippen molar-refractivity contribution in [1.82, 2.24) is 4.90 Å². The van der Waals surface area contributed by atoms with Crippen LogP contribution in [0.2, 0.25) is 0 Å². The first-order valence-corrected chi connectivity index (χ1v) is 8.55. The standard InChI is InChI=1S/C20H26N2O3/c21-20(25)18-10-8-16(9-11-18)5-4-12-22(13-14-23)15-19(24)17-6-2-1-3-7-17/h1-3,6-11,19,23-24H,4-5,12-15H2,(H2,21,25)/t19-/m0/s1. The number of hydrogen-bond acceptors (Lipinski definition) is 4. The van der Waals surface area contributed by atoms with E-state index in [1.165, 1.54) is 0 Å². The number of aliphatic hydroxyl groups excluding tert-OH is 2. The first-order valence-electron chi connectivity index (χ1n) is 8.55. The Bertz CT molecular complexity index is 644. The van der Waals surface area contributed by atoms with Gasteiger partial charge < -0.3 is 15.9 Å². The second-order valence-corrected chi connectivity index (χ2v) is 6.12. The Balaban J connectivity index is 1.83. The van der Waals surface area contributed by atoms with Gasteiger partial charge in [-0.1, -0.05) is 42.5 Å². The van der Waals surface area contributed by atoms with Crippen LogP contribution >= 0.6 is 0 Å². The molecule has 5 heteroatoms. The number of aryl methyl sites for hydroxylation is 1. The molecule has 0 fully saturated rings. The van der Waals surface area contributed by atoms with Crippen LogP contribution in [0.4, 0.5) is 0 Å². The average Bonchev–Trinajstić information content (AvgIpc) is 2.63. The number of aliphatic hydroxyl groups is 2. The minimum atomic E-state index is -0.567. The van der Waals surface area contributed by atoms with Gasteiger partial charge in [-0.15, -0.1) is 0 Å². The Morgan fingerprint density at radius 3 is 2.32 bits per heavy atom. The fraction of sp³-hybridized carbons (Fsp3) is 0.350. The molecule has 0 aliphatic rings. The van der Waals surface area contributed by atoms with Gasteiger partial charge in [-0.3, -0.25) is 9.69 Å². The van der Waals surface area contributed by atoms with E-state index in [2.05, 4.69) is 4.90 Å². The maximum Gasteiger partial charge on any atom is 0.248 e. The SMILES string of the molecule is NC(=O)c1ccc(CCCN(CCO)C[C@H](O)c2ccccc2)cc1. The Morgan fingerprint density at radius 2 is 1.72 bits per heavy atom. The van der Waals surface area contributed by atoms with Gasteiger partial charge in [0, 0.05) is 18.7 Å². The van der Waals surface area contributed by atoms with Crippen LogP contribution in [0.25, 0.3) is 0 Å². The molecule has 0 heterocycles. The van der Waals surface area contributed by atoms with Crippen molar-refractivity contribution in [3.05, 3.63) is 71.3 Å². The summed E-state index contributed by atoms with van der Waals surface area (Å²) in [7, 11) is 0. The predicted molar refractivity (Wildman–Crippen MR) is 98.2 cm³/mol. The van der Waals surface area contributed by atoms with E-state index < -0.39 is 12.0 Å². The van der Waals surface area contributed by atoms with Crippen molar-refractivity contribution in [3.8, 4) is 0 Å². The highest BCUT2D eigenvalue weighted by atomic mass is 16.3. The number of rotatable bonds is 10. The van der Waals surface area contributed by atoms with Crippen molar-refractivity contribution in [2.75, 3.05) is 26.2 Å². The van der Waals surface area contributed by atoms with Crippen molar-refractivity contribution in [2.24, 2.45) is 5.73 Å². The van der Waals surface area contributed by atoms with Crippen LogP contribution in [0.15, 0.2) is 54.6 Å². The van der Waals surface area contributed by atoms with Gasteiger partial charge in [-0.05, 0) is 42.6 Å². The lowest BCUT2D eigenvalue weighted by molar-refractivity contribution is 0.0989. The van der Waals surface area contributed by atoms with Crippen molar-refractivity contribution in [1.29, 1.82) is 0 Å². The molecule has 0 saturated carbocycles. The molecule has 0 bridgehead atoms. The summed E-state index contributed by atoms with van der Waals surface area (Å²) in [6.07, 6.45) is 1.20. The average molecular weight is 342 g/mol. The fourth-order valence-electron chi connectivity index (χ4n) is 2.80. The number of hydrogen-bond donors (Lipinski definition) is 3. The maximum atomic E-state index is 11.1. The molecular formula is C20H26N2O3. The molecule has 1 amide bonds. The van der Waals surface area contributed by atoms with Crippen LogP contribution in [0.3, 0.4) is 0 Å². The monoisotopic (exact) mass is 342 g/mol. The molecule has 2 rings (SSSR count). The normalized spacial score (nSPS) is 12.3. The summed E-state index contributed by atoms with van der Waals surface area (Å²) < 4.78 is 0. The molecule has 2 aromatic carbocycles. The summed E-state index contributed by atoms with van der Waals surface area (Å²) >= 11 is 0. The lowest BCUT2D eigenvalue weighted by Gasteiger charge is -2.24. The first kappa shape index (κ1) is 19.1. The lowest BCUT2D eigenvalue weighted by Crippen LogP contribution is -2.32. The zero-order valence-corrected chi connectivity index (χ0v) is 14.3. The second kappa shape index (κ2) is 9.93. The summed E-state index contributed by atoms with van der Waals surface area (Å²) in [5, 5.41) is 19.6. The zero-order valence-electron chi connectivity index (χ0n) is 14.3. The number of amides is 1. The van der Waals surface area contributed by atoms with E-state index in [0.29, 0.717) is 18.7 Å². The molecular weight excluding hydrogens is 316 g/mol. The van der Waals surface area contributed by atoms with Crippen molar-refractivity contribution >= 4 is 5.91 Å². The van der Waals surface area contributed by atoms with E-state index >= 15 is 0 Å². The number of primary amides is 1. The molecule has 2 aromatic rings. The third kappa shape index (κ3) is 6.31. The van der Waals surface area contributed by atoms with Gasteiger partial charge in [0.1, 0.15) is 0 Å². The van der Waals surface area contributed by atoms with Crippen LogP contribution in [0, 0.1) is 0 Å². The highest BCUT2D eigenvalue weighted by molar-refractivity contribution is 5.92. The molecule has 0 radical (unpaired) electrons. The molecule has 0 spiro atoms. The fourth-order valence-corrected chi connectivity index (χ4v) is 2.80. The number of carbonyl (C=O) groups excluding carboxylic acids is 1. The van der Waals surface area contributed by atoms with Crippen LogP contribution in [-0.2, 0) is 6.42 Å². The Morgan fingerprint density at radius 1 is 1.04 bits per heavy atom. The Kier molecular flexibility index (Phi) is 7.60. The van der Waals surface area contributed by atoms with Crippen LogP contribution in [0.5, 0.6) is 0 Å². The van der Waals surface area contributed by atoms with E-state index in [0.717, 1.165) is 30.5 Å². The van der Waals surface area contributed by atoms with Crippen molar-refractivity contribution in [2.45, 2.75) is 18.9 Å². The summed E-state index contributed by atoms with van der Waals surface area (Å²) in [6.45, 7) is 1.87. The maximum absolute atomic E-state index is 11.1. The summed E-state index contributed by atoms with van der Waals surface area (Å²) in [5.41, 5.74) is 7.77. The molecule has 0 saturated heterocycles. The molecule has 25 heavy (non-hydrogen) atoms. The third-order valence-electron chi connectivity index (χ3n) is 4.21. The van der Waals surface area contributed by atoms with Crippen LogP contribution in [-0.4, -0.2) is 47.3 Å². The number of carbonyl (C=O) groups is 1. The quantitative estimate of drug-likeness (QED) is 0.614. The summed E-state index contributed by atoms with van der Waals surface area (Å²) in [6, 6.07) is 16.8. The molecule has 0 aliphatic heterocycles. The molecule has 0 unspecified atom stereocenters. The minimum absolute atomic E-state index is 0.0643. The highest BCUT2D eigenvalue weighted by Gasteiger charge is 2.13. The van der Waals surface area contributed by atoms with E-state index in [1.54, 1.807) is 12.1 Å². The summed E-state index contributed by atoms with van der Waals surface area (Å²) in [5.74, 6) is -0.421. The topological polar surface area (TPSA) is 86.8 Å². The lowest BCUT2D eigenvalue weighted by atomic mass is 10.1. The van der Waals surface area contributed by atoms with Gasteiger partial charge in [-0.2, -0.15) is 0 Å². The van der Waals surface area contributed by atoms with Gasteiger partial charge >= 0.3 is 0 Å². The molecule has 134 valence electrons. The Hall–Kier alpha value is -2.21. The minimum Gasteiger partial charge on any atom is -0.395 e. The predicted octanol–water partition coefficient (Wildman–Crippen LogP) is 1.75. The molecule has 4 N–H and O–H groups in total.